The first kappa shape index (κ1) is 10.8. The highest BCUT2D eigenvalue weighted by Crippen LogP contribution is 2.17. The van der Waals surface area contributed by atoms with E-state index in [1.54, 1.807) is 0 Å². The van der Waals surface area contributed by atoms with Crippen molar-refractivity contribution in [2.24, 2.45) is 0 Å². The SMILES string of the molecule is CN(C)c1noc(CN[C@H]2CCSC2)n1. The number of thioether (sulfide) groups is 1. The van der Waals surface area contributed by atoms with Crippen LogP contribution in [0.2, 0.25) is 0 Å². The zero-order chi connectivity index (χ0) is 10.7. The quantitative estimate of drug-likeness (QED) is 0.820. The summed E-state index contributed by atoms with van der Waals surface area (Å²) in [6, 6.07) is 0.602. The predicted molar refractivity (Wildman–Crippen MR) is 61.2 cm³/mol. The van der Waals surface area contributed by atoms with Gasteiger partial charge >= 0.3 is 0 Å². The maximum atomic E-state index is 5.11. The molecule has 2 rings (SSSR count). The highest BCUT2D eigenvalue weighted by molar-refractivity contribution is 7.99. The molecule has 1 aliphatic heterocycles. The first-order valence-electron chi connectivity index (χ1n) is 5.07. The summed E-state index contributed by atoms with van der Waals surface area (Å²) in [6.45, 7) is 0.673. The number of hydrogen-bond acceptors (Lipinski definition) is 6. The molecule has 2 heterocycles. The Bertz CT molecular complexity index is 309. The van der Waals surface area contributed by atoms with Gasteiger partial charge in [-0.25, -0.2) is 0 Å². The van der Waals surface area contributed by atoms with Crippen molar-refractivity contribution in [1.29, 1.82) is 0 Å². The van der Waals surface area contributed by atoms with E-state index < -0.39 is 0 Å². The Labute approximate surface area is 93.6 Å². The monoisotopic (exact) mass is 228 g/mol. The van der Waals surface area contributed by atoms with Crippen LogP contribution in [-0.2, 0) is 6.54 Å². The highest BCUT2D eigenvalue weighted by Gasteiger charge is 2.16. The molecule has 1 aromatic rings. The van der Waals surface area contributed by atoms with Crippen molar-refractivity contribution in [2.75, 3.05) is 30.5 Å². The van der Waals surface area contributed by atoms with Gasteiger partial charge in [-0.1, -0.05) is 0 Å². The maximum absolute atomic E-state index is 5.11. The zero-order valence-electron chi connectivity index (χ0n) is 9.06. The number of aromatic nitrogens is 2. The minimum atomic E-state index is 0.602. The summed E-state index contributed by atoms with van der Waals surface area (Å²) in [7, 11) is 3.80. The normalized spacial score (nSPS) is 20.8. The molecular formula is C9H16N4OS. The van der Waals surface area contributed by atoms with Gasteiger partial charge in [-0.15, -0.1) is 0 Å². The van der Waals surface area contributed by atoms with E-state index in [9.17, 15) is 0 Å². The van der Waals surface area contributed by atoms with E-state index >= 15 is 0 Å². The van der Waals surface area contributed by atoms with Crippen molar-refractivity contribution < 1.29 is 4.52 Å². The van der Waals surface area contributed by atoms with Gasteiger partial charge in [0.1, 0.15) is 0 Å². The van der Waals surface area contributed by atoms with Crippen LogP contribution in [0.1, 0.15) is 12.3 Å². The summed E-state index contributed by atoms with van der Waals surface area (Å²) in [5, 5.41) is 7.27. The first-order chi connectivity index (χ1) is 7.25. The Morgan fingerprint density at radius 3 is 3.07 bits per heavy atom. The van der Waals surface area contributed by atoms with Crippen LogP contribution in [0.5, 0.6) is 0 Å². The smallest absolute Gasteiger partial charge is 0.265 e. The van der Waals surface area contributed by atoms with Gasteiger partial charge in [0.2, 0.25) is 5.89 Å². The molecule has 0 aromatic carbocycles. The van der Waals surface area contributed by atoms with Crippen molar-refractivity contribution in [3.63, 3.8) is 0 Å². The lowest BCUT2D eigenvalue weighted by atomic mass is 10.3. The third-order valence-corrected chi connectivity index (χ3v) is 3.49. The van der Waals surface area contributed by atoms with Crippen LogP contribution < -0.4 is 10.2 Å². The minimum absolute atomic E-state index is 0.602. The fourth-order valence-electron chi connectivity index (χ4n) is 1.43. The second-order valence-electron chi connectivity index (χ2n) is 3.82. The second-order valence-corrected chi connectivity index (χ2v) is 4.97. The molecule has 1 atom stereocenters. The molecule has 0 amide bonds. The molecule has 0 unspecified atom stereocenters. The lowest BCUT2D eigenvalue weighted by molar-refractivity contribution is 0.359. The molecule has 0 radical (unpaired) electrons. The fraction of sp³-hybridized carbons (Fsp3) is 0.778. The number of hydrogen-bond donors (Lipinski definition) is 1. The third kappa shape index (κ3) is 2.85. The number of anilines is 1. The minimum Gasteiger partial charge on any atom is -0.344 e. The van der Waals surface area contributed by atoms with Gasteiger partial charge in [-0.05, 0) is 17.3 Å². The van der Waals surface area contributed by atoms with Crippen molar-refractivity contribution in [3.05, 3.63) is 5.89 Å². The van der Waals surface area contributed by atoms with E-state index in [2.05, 4.69) is 15.5 Å². The number of nitrogens with zero attached hydrogens (tertiary/aromatic N) is 3. The molecule has 6 heteroatoms. The van der Waals surface area contributed by atoms with Crippen LogP contribution in [0.4, 0.5) is 5.95 Å². The fourth-order valence-corrected chi connectivity index (χ4v) is 2.61. The van der Waals surface area contributed by atoms with Crippen molar-refractivity contribution >= 4 is 17.7 Å². The Morgan fingerprint density at radius 2 is 2.47 bits per heavy atom. The maximum Gasteiger partial charge on any atom is 0.265 e. The van der Waals surface area contributed by atoms with Crippen LogP contribution in [0.3, 0.4) is 0 Å². The number of nitrogens with one attached hydrogen (secondary N) is 1. The zero-order valence-corrected chi connectivity index (χ0v) is 9.88. The average Bonchev–Trinajstić information content (AvgIpc) is 2.86. The molecule has 1 fully saturated rings. The molecule has 0 spiro atoms. The lowest BCUT2D eigenvalue weighted by Gasteiger charge is -2.07. The molecule has 0 aliphatic carbocycles. The van der Waals surface area contributed by atoms with E-state index in [1.165, 1.54) is 17.9 Å². The molecule has 15 heavy (non-hydrogen) atoms. The standard InChI is InChI=1S/C9H16N4OS/c1-13(2)9-11-8(14-12-9)5-10-7-3-4-15-6-7/h7,10H,3-6H2,1-2H3/t7-/m0/s1. The Hall–Kier alpha value is -0.750. The Morgan fingerprint density at radius 1 is 1.60 bits per heavy atom. The lowest BCUT2D eigenvalue weighted by Crippen LogP contribution is -2.28. The molecule has 1 N–H and O–H groups in total. The van der Waals surface area contributed by atoms with Gasteiger partial charge in [0.25, 0.3) is 5.95 Å². The summed E-state index contributed by atoms with van der Waals surface area (Å²) < 4.78 is 5.11. The van der Waals surface area contributed by atoms with Gasteiger partial charge in [0.15, 0.2) is 0 Å². The topological polar surface area (TPSA) is 54.2 Å². The molecule has 0 bridgehead atoms. The summed E-state index contributed by atoms with van der Waals surface area (Å²) in [5.74, 6) is 3.74. The van der Waals surface area contributed by atoms with E-state index in [4.69, 9.17) is 4.52 Å². The molecule has 0 saturated carbocycles. The van der Waals surface area contributed by atoms with Crippen LogP contribution in [0.25, 0.3) is 0 Å². The van der Waals surface area contributed by atoms with Gasteiger partial charge in [0.05, 0.1) is 6.54 Å². The largest absolute Gasteiger partial charge is 0.344 e. The molecule has 1 aromatic heterocycles. The van der Waals surface area contributed by atoms with E-state index in [0.717, 1.165) is 0 Å². The van der Waals surface area contributed by atoms with Crippen molar-refractivity contribution in [2.45, 2.75) is 19.0 Å². The number of rotatable bonds is 4. The summed E-state index contributed by atoms with van der Waals surface area (Å²) in [4.78, 5) is 6.08. The van der Waals surface area contributed by atoms with Crippen LogP contribution in [0, 0.1) is 0 Å². The summed E-state index contributed by atoms with van der Waals surface area (Å²) in [6.07, 6.45) is 1.24. The van der Waals surface area contributed by atoms with Gasteiger partial charge in [0, 0.05) is 25.9 Å². The average molecular weight is 228 g/mol. The summed E-state index contributed by atoms with van der Waals surface area (Å²) in [5.41, 5.74) is 0. The first-order valence-corrected chi connectivity index (χ1v) is 6.22. The van der Waals surface area contributed by atoms with Crippen molar-refractivity contribution in [1.82, 2.24) is 15.5 Å². The van der Waals surface area contributed by atoms with Crippen LogP contribution >= 0.6 is 11.8 Å². The van der Waals surface area contributed by atoms with E-state index in [-0.39, 0.29) is 0 Å². The molecule has 5 nitrogen and oxygen atoms in total. The predicted octanol–water partition coefficient (Wildman–Crippen LogP) is 0.731. The van der Waals surface area contributed by atoms with Crippen LogP contribution in [0.15, 0.2) is 4.52 Å². The Kier molecular flexibility index (Phi) is 3.48. The molecule has 1 saturated heterocycles. The van der Waals surface area contributed by atoms with Gasteiger partial charge in [-0.2, -0.15) is 16.7 Å². The van der Waals surface area contributed by atoms with Gasteiger partial charge in [-0.3, -0.25) is 0 Å². The van der Waals surface area contributed by atoms with Gasteiger partial charge < -0.3 is 14.7 Å². The molecule has 1 aliphatic rings. The Balaban J connectivity index is 1.82. The summed E-state index contributed by atoms with van der Waals surface area (Å²) >= 11 is 1.99. The third-order valence-electron chi connectivity index (χ3n) is 2.33. The van der Waals surface area contributed by atoms with Crippen LogP contribution in [-0.4, -0.2) is 41.8 Å². The molecule has 84 valence electrons. The van der Waals surface area contributed by atoms with E-state index in [0.29, 0.717) is 24.4 Å². The van der Waals surface area contributed by atoms with Crippen molar-refractivity contribution in [3.8, 4) is 0 Å². The van der Waals surface area contributed by atoms with E-state index in [1.807, 2.05) is 30.8 Å². The second kappa shape index (κ2) is 4.85. The highest BCUT2D eigenvalue weighted by atomic mass is 32.2. The molecular weight excluding hydrogens is 212 g/mol.